The third-order valence-electron chi connectivity index (χ3n) is 2.84. The van der Waals surface area contributed by atoms with Gasteiger partial charge in [-0.2, -0.15) is 5.10 Å². The minimum Gasteiger partial charge on any atom is -0.272 e. The largest absolute Gasteiger partial charge is 0.272 e. The van der Waals surface area contributed by atoms with Crippen molar-refractivity contribution in [2.24, 2.45) is 10.5 Å². The molecule has 1 N–H and O–H groups in total. The first-order valence-corrected chi connectivity index (χ1v) is 6.66. The van der Waals surface area contributed by atoms with Crippen LogP contribution in [0.4, 0.5) is 0 Å². The van der Waals surface area contributed by atoms with Crippen molar-refractivity contribution in [3.8, 4) is 0 Å². The molecule has 0 radical (unpaired) electrons. The number of hydrogen-bond donors (Lipinski definition) is 1. The predicted molar refractivity (Wildman–Crippen MR) is 73.3 cm³/mol. The summed E-state index contributed by atoms with van der Waals surface area (Å²) in [5, 5.41) is 3.92. The molecule has 4 nitrogen and oxygen atoms in total. The number of carbonyl (C=O) groups excluding carboxylic acids is 1. The number of halogens is 2. The molecule has 17 heavy (non-hydrogen) atoms. The summed E-state index contributed by atoms with van der Waals surface area (Å²) in [6, 6.07) is 3.63. The Labute approximate surface area is 116 Å². The van der Waals surface area contributed by atoms with Gasteiger partial charge in [0.2, 0.25) is 5.91 Å². The molecule has 1 fully saturated rings. The molecule has 1 aromatic rings. The Kier molecular flexibility index (Phi) is 3.36. The molecule has 0 aromatic carbocycles. The van der Waals surface area contributed by atoms with Crippen LogP contribution < -0.4 is 5.43 Å². The molecule has 0 saturated heterocycles. The van der Waals surface area contributed by atoms with Crippen molar-refractivity contribution in [3.05, 3.63) is 30.1 Å². The zero-order valence-corrected chi connectivity index (χ0v) is 12.3. The van der Waals surface area contributed by atoms with E-state index in [1.165, 1.54) is 0 Å². The molecule has 1 amide bonds. The summed E-state index contributed by atoms with van der Waals surface area (Å²) in [6.45, 7) is 1.88. The van der Waals surface area contributed by atoms with E-state index >= 15 is 0 Å². The number of amides is 1. The van der Waals surface area contributed by atoms with Crippen molar-refractivity contribution in [2.45, 2.75) is 16.6 Å². The molecule has 1 unspecified atom stereocenters. The first kappa shape index (κ1) is 12.7. The third-order valence-corrected chi connectivity index (χ3v) is 5.16. The van der Waals surface area contributed by atoms with Gasteiger partial charge in [0.15, 0.2) is 0 Å². The van der Waals surface area contributed by atoms with Crippen LogP contribution in [-0.2, 0) is 4.79 Å². The number of nitrogens with zero attached hydrogens (tertiary/aromatic N) is 2. The topological polar surface area (TPSA) is 54.4 Å². The average Bonchev–Trinajstić information content (AvgIpc) is 2.81. The lowest BCUT2D eigenvalue weighted by molar-refractivity contribution is -0.125. The number of hydrazone groups is 1. The number of hydrogen-bond acceptors (Lipinski definition) is 3. The Morgan fingerprint density at radius 1 is 1.53 bits per heavy atom. The van der Waals surface area contributed by atoms with Crippen molar-refractivity contribution in [3.63, 3.8) is 0 Å². The minimum absolute atomic E-state index is 0.100. The van der Waals surface area contributed by atoms with Crippen molar-refractivity contribution in [1.29, 1.82) is 0 Å². The van der Waals surface area contributed by atoms with Crippen LogP contribution in [-0.4, -0.2) is 20.3 Å². The second-order valence-electron chi connectivity index (χ2n) is 4.19. The zero-order chi connectivity index (χ0) is 12.5. The highest BCUT2D eigenvalue weighted by molar-refractivity contribution is 9.25. The number of nitrogens with one attached hydrogen (secondary N) is 1. The first-order chi connectivity index (χ1) is 7.96. The van der Waals surface area contributed by atoms with Gasteiger partial charge in [0.1, 0.15) is 0 Å². The van der Waals surface area contributed by atoms with Crippen LogP contribution in [0.15, 0.2) is 29.6 Å². The molecule has 0 aliphatic heterocycles. The van der Waals surface area contributed by atoms with Crippen LogP contribution >= 0.6 is 31.9 Å². The molecule has 6 heteroatoms. The first-order valence-electron chi connectivity index (χ1n) is 5.07. The maximum atomic E-state index is 11.8. The number of rotatable bonds is 3. The molecule has 1 heterocycles. The van der Waals surface area contributed by atoms with Crippen LogP contribution in [0.1, 0.15) is 18.9 Å². The summed E-state index contributed by atoms with van der Waals surface area (Å²) >= 11 is 6.88. The second-order valence-corrected chi connectivity index (χ2v) is 7.96. The van der Waals surface area contributed by atoms with E-state index in [1.807, 2.05) is 19.1 Å². The molecule has 90 valence electrons. The van der Waals surface area contributed by atoms with E-state index in [9.17, 15) is 4.79 Å². The normalized spacial score (nSPS) is 25.8. The van der Waals surface area contributed by atoms with Gasteiger partial charge in [-0.15, -0.1) is 0 Å². The SMILES string of the molecule is CC1(C(=O)NN=Cc2ccncc2)CC1(Br)Br. The summed E-state index contributed by atoms with van der Waals surface area (Å²) < 4.78 is -0.288. The predicted octanol–water partition coefficient (Wildman–Crippen LogP) is 2.43. The fourth-order valence-electron chi connectivity index (χ4n) is 1.38. The van der Waals surface area contributed by atoms with Crippen molar-refractivity contribution < 1.29 is 4.79 Å². The molecule has 1 saturated carbocycles. The van der Waals surface area contributed by atoms with Crippen molar-refractivity contribution in [1.82, 2.24) is 10.4 Å². The second kappa shape index (κ2) is 4.49. The molecule has 2 rings (SSSR count). The summed E-state index contributed by atoms with van der Waals surface area (Å²) in [7, 11) is 0. The molecule has 1 atom stereocenters. The van der Waals surface area contributed by atoms with Gasteiger partial charge in [0.25, 0.3) is 0 Å². The highest BCUT2D eigenvalue weighted by Gasteiger charge is 2.66. The van der Waals surface area contributed by atoms with E-state index in [0.29, 0.717) is 0 Å². The Hall–Kier alpha value is -0.750. The van der Waals surface area contributed by atoms with Crippen LogP contribution in [0.2, 0.25) is 0 Å². The van der Waals surface area contributed by atoms with Crippen LogP contribution in [0.3, 0.4) is 0 Å². The van der Waals surface area contributed by atoms with Crippen LogP contribution in [0.5, 0.6) is 0 Å². The highest BCUT2D eigenvalue weighted by atomic mass is 79.9. The lowest BCUT2D eigenvalue weighted by atomic mass is 10.1. The molecule has 0 spiro atoms. The van der Waals surface area contributed by atoms with Crippen LogP contribution in [0, 0.1) is 5.41 Å². The highest BCUT2D eigenvalue weighted by Crippen LogP contribution is 2.66. The van der Waals surface area contributed by atoms with E-state index in [1.54, 1.807) is 18.6 Å². The molecule has 1 aromatic heterocycles. The summed E-state index contributed by atoms with van der Waals surface area (Å²) in [6.07, 6.45) is 5.69. The summed E-state index contributed by atoms with van der Waals surface area (Å²) in [5.41, 5.74) is 2.99. The number of alkyl halides is 2. The zero-order valence-electron chi connectivity index (χ0n) is 9.15. The Bertz CT molecular complexity index is 461. The summed E-state index contributed by atoms with van der Waals surface area (Å²) in [4.78, 5) is 15.7. The lowest BCUT2D eigenvalue weighted by Gasteiger charge is -2.09. The fraction of sp³-hybridized carbons (Fsp3) is 0.364. The van der Waals surface area contributed by atoms with E-state index < -0.39 is 5.41 Å². The molecular formula is C11H11Br2N3O. The van der Waals surface area contributed by atoms with Gasteiger partial charge in [-0.05, 0) is 31.0 Å². The molecular weight excluding hydrogens is 350 g/mol. The fourth-order valence-corrected chi connectivity index (χ4v) is 2.87. The van der Waals surface area contributed by atoms with Gasteiger partial charge < -0.3 is 0 Å². The number of aromatic nitrogens is 1. The van der Waals surface area contributed by atoms with Crippen molar-refractivity contribution >= 4 is 44.0 Å². The Morgan fingerprint density at radius 2 is 2.12 bits per heavy atom. The van der Waals surface area contributed by atoms with Crippen molar-refractivity contribution in [2.75, 3.05) is 0 Å². The van der Waals surface area contributed by atoms with E-state index in [-0.39, 0.29) is 9.14 Å². The maximum absolute atomic E-state index is 11.8. The molecule has 1 aliphatic carbocycles. The lowest BCUT2D eigenvalue weighted by Crippen LogP contribution is -2.29. The van der Waals surface area contributed by atoms with Gasteiger partial charge in [0, 0.05) is 12.4 Å². The van der Waals surface area contributed by atoms with Crippen LogP contribution in [0.25, 0.3) is 0 Å². The van der Waals surface area contributed by atoms with E-state index in [2.05, 4.69) is 47.4 Å². The quantitative estimate of drug-likeness (QED) is 0.511. The summed E-state index contributed by atoms with van der Waals surface area (Å²) in [5.74, 6) is -0.100. The van der Waals surface area contributed by atoms with Gasteiger partial charge >= 0.3 is 0 Å². The molecule has 0 bridgehead atoms. The number of pyridine rings is 1. The number of carbonyl (C=O) groups is 1. The minimum atomic E-state index is -0.442. The average molecular weight is 361 g/mol. The standard InChI is InChI=1S/C11H11Br2N3O/c1-10(7-11(10,12)13)9(17)16-15-6-8-2-4-14-5-3-8/h2-6H,7H2,1H3,(H,16,17). The monoisotopic (exact) mass is 359 g/mol. The van der Waals surface area contributed by atoms with Gasteiger partial charge in [-0.1, -0.05) is 31.9 Å². The molecule has 1 aliphatic rings. The van der Waals surface area contributed by atoms with E-state index in [4.69, 9.17) is 0 Å². The maximum Gasteiger partial charge on any atom is 0.248 e. The van der Waals surface area contributed by atoms with Gasteiger partial charge in [-0.3, -0.25) is 9.78 Å². The van der Waals surface area contributed by atoms with E-state index in [0.717, 1.165) is 12.0 Å². The Balaban J connectivity index is 1.92. The smallest absolute Gasteiger partial charge is 0.248 e. The van der Waals surface area contributed by atoms with Gasteiger partial charge in [-0.25, -0.2) is 5.43 Å². The van der Waals surface area contributed by atoms with Gasteiger partial charge in [0.05, 0.1) is 14.9 Å². The third kappa shape index (κ3) is 2.57. The Morgan fingerprint density at radius 3 is 2.65 bits per heavy atom.